The molecule has 218 valence electrons. The predicted molar refractivity (Wildman–Crippen MR) is 138 cm³/mol. The van der Waals surface area contributed by atoms with Crippen LogP contribution in [-0.2, 0) is 33.9 Å². The molecule has 4 amide bonds. The van der Waals surface area contributed by atoms with E-state index >= 15 is 0 Å². The van der Waals surface area contributed by atoms with Crippen LogP contribution in [0.2, 0.25) is 0 Å². The lowest BCUT2D eigenvalue weighted by molar-refractivity contribution is -0.142. The predicted octanol–water partition coefficient (Wildman–Crippen LogP) is 0.599. The molecule has 1 aromatic rings. The Morgan fingerprint density at radius 3 is 2.58 bits per heavy atom. The van der Waals surface area contributed by atoms with E-state index in [0.29, 0.717) is 43.6 Å². The Labute approximate surface area is 235 Å². The van der Waals surface area contributed by atoms with Crippen molar-refractivity contribution in [1.82, 2.24) is 24.7 Å². The van der Waals surface area contributed by atoms with Crippen molar-refractivity contribution in [3.63, 3.8) is 0 Å². The van der Waals surface area contributed by atoms with Crippen molar-refractivity contribution in [2.24, 2.45) is 5.92 Å². The number of amides is 4. The Bertz CT molecular complexity index is 1340. The van der Waals surface area contributed by atoms with Gasteiger partial charge in [-0.25, -0.2) is 9.52 Å². The topological polar surface area (TPSA) is 201 Å². The van der Waals surface area contributed by atoms with E-state index in [1.54, 1.807) is 20.8 Å². The minimum atomic E-state index is -4.36. The summed E-state index contributed by atoms with van der Waals surface area (Å²) in [5, 5.41) is 18.8. The number of piperidine rings is 1. The Hall–Kier alpha value is -3.36. The molecule has 17 heteroatoms. The fourth-order valence-corrected chi connectivity index (χ4v) is 7.24. The van der Waals surface area contributed by atoms with Crippen molar-refractivity contribution in [1.29, 1.82) is 5.26 Å². The molecular weight excluding hydrogens is 566 g/mol. The number of nitriles is 1. The SMILES string of the molecule is CC(=O)Nc1nnc(S(=O)(=O)NC(=O)CO[C@@H]2C[C@@H]3C[C@H]2N(C(=O)OC(C)(C)C)[C@@H]3C(=O)N2CCC[C@H]2C#N)s1. The Kier molecular flexibility index (Phi) is 8.33. The van der Waals surface area contributed by atoms with Gasteiger partial charge in [0, 0.05) is 13.5 Å². The molecule has 2 saturated heterocycles. The van der Waals surface area contributed by atoms with Crippen molar-refractivity contribution in [2.75, 3.05) is 18.5 Å². The van der Waals surface area contributed by atoms with Crippen LogP contribution >= 0.6 is 11.3 Å². The smallest absolute Gasteiger partial charge is 0.411 e. The third kappa shape index (κ3) is 6.34. The standard InChI is InChI=1S/C23H31N7O8S2/c1-12(31)25-20-26-27-21(39-20)40(35,36)28-17(32)11-37-16-9-13-8-15(16)30(22(34)38-23(2,3)4)18(13)19(33)29-7-5-6-14(29)10-24/h13-16,18H,5-9,11H2,1-4H3,(H,28,32)(H,25,26,31)/t13-,14-,15+,16+,18-/m0/s1. The highest BCUT2D eigenvalue weighted by Gasteiger charge is 2.58. The molecule has 0 unspecified atom stereocenters. The van der Waals surface area contributed by atoms with Crippen LogP contribution in [0.3, 0.4) is 0 Å². The van der Waals surface area contributed by atoms with Crippen LogP contribution in [-0.4, -0.2) is 95.2 Å². The van der Waals surface area contributed by atoms with Crippen LogP contribution in [0, 0.1) is 17.2 Å². The molecule has 2 aliphatic heterocycles. The van der Waals surface area contributed by atoms with E-state index in [1.165, 1.54) is 16.7 Å². The Balaban J connectivity index is 1.43. The fourth-order valence-electron chi connectivity index (χ4n) is 5.32. The average Bonchev–Trinajstić information content (AvgIpc) is 3.63. The first-order valence-corrected chi connectivity index (χ1v) is 15.0. The lowest BCUT2D eigenvalue weighted by atomic mass is 9.96. The van der Waals surface area contributed by atoms with E-state index < -0.39 is 68.7 Å². The second-order valence-corrected chi connectivity index (χ2v) is 13.7. The third-order valence-electron chi connectivity index (χ3n) is 6.75. The molecule has 40 heavy (non-hydrogen) atoms. The average molecular weight is 598 g/mol. The van der Waals surface area contributed by atoms with Gasteiger partial charge in [-0.05, 0) is 52.4 Å². The molecule has 3 fully saturated rings. The zero-order valence-corrected chi connectivity index (χ0v) is 24.1. The maximum Gasteiger partial charge on any atom is 0.411 e. The summed E-state index contributed by atoms with van der Waals surface area (Å²) in [5.74, 6) is -2.02. The van der Waals surface area contributed by atoms with Crippen molar-refractivity contribution in [3.8, 4) is 6.07 Å². The van der Waals surface area contributed by atoms with E-state index in [-0.39, 0.29) is 17.0 Å². The van der Waals surface area contributed by atoms with Crippen molar-refractivity contribution < 1.29 is 37.1 Å². The normalized spacial score (nSPS) is 25.9. The summed E-state index contributed by atoms with van der Waals surface area (Å²) in [4.78, 5) is 53.3. The van der Waals surface area contributed by atoms with E-state index in [0.717, 1.165) is 0 Å². The minimum Gasteiger partial charge on any atom is -0.444 e. The number of hydrogen-bond acceptors (Lipinski definition) is 12. The molecule has 2 N–H and O–H groups in total. The van der Waals surface area contributed by atoms with Gasteiger partial charge in [0.15, 0.2) is 0 Å². The number of rotatable bonds is 7. The van der Waals surface area contributed by atoms with E-state index in [1.807, 2.05) is 4.72 Å². The fraction of sp³-hybridized carbons (Fsp3) is 0.696. The molecule has 2 bridgehead atoms. The number of nitrogens with one attached hydrogen (secondary N) is 2. The number of carbonyl (C=O) groups excluding carboxylic acids is 4. The quantitative estimate of drug-likeness (QED) is 0.417. The van der Waals surface area contributed by atoms with Gasteiger partial charge in [0.2, 0.25) is 16.9 Å². The molecule has 4 rings (SSSR count). The first-order valence-electron chi connectivity index (χ1n) is 12.7. The van der Waals surface area contributed by atoms with Crippen molar-refractivity contribution in [3.05, 3.63) is 0 Å². The van der Waals surface area contributed by atoms with E-state index in [4.69, 9.17) is 9.47 Å². The summed E-state index contributed by atoms with van der Waals surface area (Å²) in [6.45, 7) is 6.15. The minimum absolute atomic E-state index is 0.0417. The van der Waals surface area contributed by atoms with Crippen molar-refractivity contribution >= 4 is 50.3 Å². The highest BCUT2D eigenvalue weighted by atomic mass is 32.2. The van der Waals surface area contributed by atoms with Crippen LogP contribution in [0.5, 0.6) is 0 Å². The molecule has 0 spiro atoms. The van der Waals surface area contributed by atoms with Gasteiger partial charge in [-0.1, -0.05) is 11.3 Å². The van der Waals surface area contributed by atoms with Gasteiger partial charge >= 0.3 is 6.09 Å². The van der Waals surface area contributed by atoms with Crippen molar-refractivity contribution in [2.45, 2.75) is 87.5 Å². The van der Waals surface area contributed by atoms with Crippen LogP contribution in [0.1, 0.15) is 53.4 Å². The van der Waals surface area contributed by atoms with Gasteiger partial charge < -0.3 is 19.7 Å². The largest absolute Gasteiger partial charge is 0.444 e. The van der Waals surface area contributed by atoms with Crippen LogP contribution in [0.25, 0.3) is 0 Å². The summed E-state index contributed by atoms with van der Waals surface area (Å²) in [6, 6.07) is 0.203. The highest BCUT2D eigenvalue weighted by Crippen LogP contribution is 2.45. The second-order valence-electron chi connectivity index (χ2n) is 10.9. The van der Waals surface area contributed by atoms with Gasteiger partial charge in [0.1, 0.15) is 24.3 Å². The molecule has 3 aliphatic rings. The molecule has 0 aromatic carbocycles. The monoisotopic (exact) mass is 597 g/mol. The molecule has 5 atom stereocenters. The summed E-state index contributed by atoms with van der Waals surface area (Å²) in [7, 11) is -4.36. The summed E-state index contributed by atoms with van der Waals surface area (Å²) < 4.78 is 37.7. The lowest BCUT2D eigenvalue weighted by Gasteiger charge is -2.40. The summed E-state index contributed by atoms with van der Waals surface area (Å²) >= 11 is 0.574. The Morgan fingerprint density at radius 2 is 1.93 bits per heavy atom. The van der Waals surface area contributed by atoms with E-state index in [9.17, 15) is 32.9 Å². The van der Waals surface area contributed by atoms with Gasteiger partial charge in [-0.3, -0.25) is 19.3 Å². The number of fused-ring (bicyclic) bond motifs is 2. The molecule has 0 radical (unpaired) electrons. The zero-order valence-electron chi connectivity index (χ0n) is 22.4. The number of likely N-dealkylation sites (tertiary alicyclic amines) is 2. The number of ether oxygens (including phenoxy) is 2. The van der Waals surface area contributed by atoms with Gasteiger partial charge in [-0.15, -0.1) is 10.2 Å². The number of sulfonamides is 1. The number of anilines is 1. The highest BCUT2D eigenvalue weighted by molar-refractivity contribution is 7.92. The van der Waals surface area contributed by atoms with Gasteiger partial charge in [0.05, 0.1) is 18.2 Å². The van der Waals surface area contributed by atoms with Gasteiger partial charge in [-0.2, -0.15) is 13.7 Å². The summed E-state index contributed by atoms with van der Waals surface area (Å²) in [5.41, 5.74) is -0.829. The third-order valence-corrected chi connectivity index (χ3v) is 9.33. The number of hydrogen-bond donors (Lipinski definition) is 2. The molecule has 1 saturated carbocycles. The first kappa shape index (κ1) is 29.6. The zero-order chi connectivity index (χ0) is 29.4. The maximum absolute atomic E-state index is 13.5. The number of carbonyl (C=O) groups is 4. The van der Waals surface area contributed by atoms with Crippen LogP contribution in [0.15, 0.2) is 4.34 Å². The molecular formula is C23H31N7O8S2. The summed E-state index contributed by atoms with van der Waals surface area (Å²) in [6.07, 6.45) is 0.729. The lowest BCUT2D eigenvalue weighted by Crippen LogP contribution is -2.58. The number of aromatic nitrogens is 2. The number of nitrogens with zero attached hydrogens (tertiary/aromatic N) is 5. The molecule has 3 heterocycles. The van der Waals surface area contributed by atoms with Gasteiger partial charge in [0.25, 0.3) is 20.3 Å². The molecule has 1 aromatic heterocycles. The maximum atomic E-state index is 13.5. The van der Waals surface area contributed by atoms with E-state index in [2.05, 4.69) is 21.6 Å². The van der Waals surface area contributed by atoms with Crippen LogP contribution < -0.4 is 10.0 Å². The second kappa shape index (κ2) is 11.3. The van der Waals surface area contributed by atoms with Crippen LogP contribution in [0.4, 0.5) is 9.93 Å². The molecule has 1 aliphatic carbocycles. The molecule has 15 nitrogen and oxygen atoms in total. The Morgan fingerprint density at radius 1 is 1.20 bits per heavy atom. The first-order chi connectivity index (χ1) is 18.7.